The van der Waals surface area contributed by atoms with Crippen molar-refractivity contribution in [1.29, 1.82) is 0 Å². The molecule has 0 atom stereocenters. The fourth-order valence-corrected chi connectivity index (χ4v) is 8.10. The van der Waals surface area contributed by atoms with Gasteiger partial charge in [0, 0.05) is 33.4 Å². The van der Waals surface area contributed by atoms with Crippen molar-refractivity contribution in [3.05, 3.63) is 181 Å². The van der Waals surface area contributed by atoms with Gasteiger partial charge in [-0.25, -0.2) is 0 Å². The first-order valence-corrected chi connectivity index (χ1v) is 18.1. The van der Waals surface area contributed by atoms with Gasteiger partial charge in [0.15, 0.2) is 0 Å². The molecule has 8 aromatic rings. The molecule has 0 amide bonds. The molecule has 0 unspecified atom stereocenters. The van der Waals surface area contributed by atoms with Crippen LogP contribution < -0.4 is 4.90 Å². The van der Waals surface area contributed by atoms with Crippen LogP contribution in [0.4, 0.5) is 17.1 Å². The van der Waals surface area contributed by atoms with E-state index in [0.717, 1.165) is 11.4 Å². The molecule has 0 spiro atoms. The van der Waals surface area contributed by atoms with Crippen LogP contribution in [0.2, 0.25) is 0 Å². The fraction of sp³-hybridized carbons (Fsp3) is 0.125. The summed E-state index contributed by atoms with van der Waals surface area (Å²) in [6, 6.07) is 64.5. The van der Waals surface area contributed by atoms with Crippen molar-refractivity contribution in [2.75, 3.05) is 4.90 Å². The number of hydrogen-bond donors (Lipinski definition) is 0. The van der Waals surface area contributed by atoms with Crippen molar-refractivity contribution < 1.29 is 0 Å². The molecule has 2 heteroatoms. The van der Waals surface area contributed by atoms with Gasteiger partial charge in [-0.05, 0) is 102 Å². The molecule has 1 heterocycles. The fourth-order valence-electron chi connectivity index (χ4n) is 8.10. The Labute approximate surface area is 294 Å². The molecule has 0 radical (unpaired) electrons. The largest absolute Gasteiger partial charge is 0.310 e. The van der Waals surface area contributed by atoms with Crippen LogP contribution in [-0.2, 0) is 0 Å². The lowest BCUT2D eigenvalue weighted by atomic mass is 9.84. The third-order valence-corrected chi connectivity index (χ3v) is 10.6. The first-order chi connectivity index (χ1) is 24.8. The summed E-state index contributed by atoms with van der Waals surface area (Å²) >= 11 is 0. The summed E-state index contributed by atoms with van der Waals surface area (Å²) in [5.74, 6) is 0.664. The lowest BCUT2D eigenvalue weighted by molar-refractivity contribution is 0.443. The van der Waals surface area contributed by atoms with Gasteiger partial charge in [-0.2, -0.15) is 0 Å². The minimum Gasteiger partial charge on any atom is -0.310 e. The van der Waals surface area contributed by atoms with E-state index < -0.39 is 0 Å². The molecular formula is C48H40N2. The van der Waals surface area contributed by atoms with Crippen molar-refractivity contribution in [2.24, 2.45) is 0 Å². The first kappa shape index (κ1) is 30.2. The topological polar surface area (TPSA) is 8.17 Å². The van der Waals surface area contributed by atoms with Gasteiger partial charge >= 0.3 is 0 Å². The van der Waals surface area contributed by atoms with Gasteiger partial charge < -0.3 is 9.47 Å². The van der Waals surface area contributed by atoms with Crippen molar-refractivity contribution in [2.45, 2.75) is 38.0 Å². The molecular weight excluding hydrogens is 605 g/mol. The summed E-state index contributed by atoms with van der Waals surface area (Å²) in [6.45, 7) is 0. The number of nitrogens with zero attached hydrogens (tertiary/aromatic N) is 2. The highest BCUT2D eigenvalue weighted by atomic mass is 15.1. The second-order valence-electron chi connectivity index (χ2n) is 13.6. The third-order valence-electron chi connectivity index (χ3n) is 10.6. The summed E-state index contributed by atoms with van der Waals surface area (Å²) in [4.78, 5) is 2.47. The van der Waals surface area contributed by atoms with E-state index in [1.165, 1.54) is 93.1 Å². The van der Waals surface area contributed by atoms with Gasteiger partial charge in [0.05, 0.1) is 16.7 Å². The molecule has 9 rings (SSSR count). The molecule has 50 heavy (non-hydrogen) atoms. The van der Waals surface area contributed by atoms with Crippen LogP contribution >= 0.6 is 0 Å². The number of rotatable bonds is 7. The second kappa shape index (κ2) is 13.2. The summed E-state index contributed by atoms with van der Waals surface area (Å²) in [5, 5.41) is 2.50. The minimum atomic E-state index is 0.664. The summed E-state index contributed by atoms with van der Waals surface area (Å²) < 4.78 is 2.39. The molecule has 0 bridgehead atoms. The summed E-state index contributed by atoms with van der Waals surface area (Å²) in [6.07, 6.45) is 6.63. The first-order valence-electron chi connectivity index (χ1n) is 18.1. The normalized spacial score (nSPS) is 13.5. The van der Waals surface area contributed by atoms with E-state index in [2.05, 4.69) is 185 Å². The van der Waals surface area contributed by atoms with Crippen LogP contribution in [0, 0.1) is 0 Å². The quantitative estimate of drug-likeness (QED) is 0.168. The predicted molar refractivity (Wildman–Crippen MR) is 212 cm³/mol. The highest BCUT2D eigenvalue weighted by Gasteiger charge is 2.22. The second-order valence-corrected chi connectivity index (χ2v) is 13.6. The number of fused-ring (bicyclic) bond motifs is 3. The Morgan fingerprint density at radius 2 is 1.06 bits per heavy atom. The molecule has 1 aliphatic rings. The molecule has 0 saturated heterocycles. The standard InChI is InChI=1S/C48H40N2/c1-5-15-35(16-6-1)37-25-28-41(29-26-37)49(47-31-27-39(36-17-7-2-8-18-36)33-44(47)38-19-9-3-10-20-38)42-30-32-48-45(34-42)43-23-13-14-24-46(43)50(48)40-21-11-4-12-22-40/h2-4,7-14,17-35H,1,5-6,15-16H2. The molecule has 242 valence electrons. The van der Waals surface area contributed by atoms with Crippen LogP contribution in [0.3, 0.4) is 0 Å². The zero-order valence-corrected chi connectivity index (χ0v) is 28.3. The van der Waals surface area contributed by atoms with Crippen LogP contribution in [0.1, 0.15) is 43.6 Å². The van der Waals surface area contributed by atoms with Gasteiger partial charge in [-0.3, -0.25) is 0 Å². The molecule has 1 fully saturated rings. The Morgan fingerprint density at radius 3 is 1.80 bits per heavy atom. The molecule has 0 aliphatic heterocycles. The minimum absolute atomic E-state index is 0.664. The number of para-hydroxylation sites is 2. The van der Waals surface area contributed by atoms with Crippen molar-refractivity contribution in [3.8, 4) is 27.9 Å². The summed E-state index contributed by atoms with van der Waals surface area (Å²) in [7, 11) is 0. The Kier molecular flexibility index (Phi) is 7.99. The average molecular weight is 645 g/mol. The van der Waals surface area contributed by atoms with Crippen LogP contribution in [0.15, 0.2) is 176 Å². The van der Waals surface area contributed by atoms with Gasteiger partial charge in [0.2, 0.25) is 0 Å². The van der Waals surface area contributed by atoms with Crippen LogP contribution in [-0.4, -0.2) is 4.57 Å². The zero-order chi connectivity index (χ0) is 33.3. The van der Waals surface area contributed by atoms with Gasteiger partial charge in [0.25, 0.3) is 0 Å². The predicted octanol–water partition coefficient (Wildman–Crippen LogP) is 13.6. The van der Waals surface area contributed by atoms with E-state index >= 15 is 0 Å². The van der Waals surface area contributed by atoms with E-state index in [1.54, 1.807) is 0 Å². The molecule has 1 saturated carbocycles. The van der Waals surface area contributed by atoms with Crippen molar-refractivity contribution in [3.63, 3.8) is 0 Å². The van der Waals surface area contributed by atoms with Crippen LogP contribution in [0.5, 0.6) is 0 Å². The third kappa shape index (κ3) is 5.57. The lowest BCUT2D eigenvalue weighted by Gasteiger charge is -2.29. The molecule has 1 aliphatic carbocycles. The van der Waals surface area contributed by atoms with Crippen molar-refractivity contribution in [1.82, 2.24) is 4.57 Å². The molecule has 1 aromatic heterocycles. The Morgan fingerprint density at radius 1 is 0.440 bits per heavy atom. The monoisotopic (exact) mass is 644 g/mol. The smallest absolute Gasteiger partial charge is 0.0542 e. The number of benzene rings is 7. The maximum Gasteiger partial charge on any atom is 0.0542 e. The highest BCUT2D eigenvalue weighted by molar-refractivity contribution is 6.11. The average Bonchev–Trinajstić information content (AvgIpc) is 3.53. The van der Waals surface area contributed by atoms with Gasteiger partial charge in [0.1, 0.15) is 0 Å². The Bertz CT molecular complexity index is 2380. The molecule has 7 aromatic carbocycles. The summed E-state index contributed by atoms with van der Waals surface area (Å²) in [5.41, 5.74) is 13.4. The van der Waals surface area contributed by atoms with E-state index in [0.29, 0.717) is 5.92 Å². The van der Waals surface area contributed by atoms with E-state index in [1.807, 2.05) is 0 Å². The molecule has 2 nitrogen and oxygen atoms in total. The number of hydrogen-bond acceptors (Lipinski definition) is 1. The Balaban J connectivity index is 1.26. The lowest BCUT2D eigenvalue weighted by Crippen LogP contribution is -2.12. The Hall–Kier alpha value is -5.86. The van der Waals surface area contributed by atoms with Gasteiger partial charge in [-0.15, -0.1) is 0 Å². The van der Waals surface area contributed by atoms with E-state index in [4.69, 9.17) is 0 Å². The van der Waals surface area contributed by atoms with E-state index in [9.17, 15) is 0 Å². The SMILES string of the molecule is c1ccc(-c2ccc(N(c3ccc(C4CCCCC4)cc3)c3ccc4c(c3)c3ccccc3n4-c3ccccc3)c(-c3ccccc3)c2)cc1. The molecule has 0 N–H and O–H groups in total. The van der Waals surface area contributed by atoms with Crippen LogP contribution in [0.25, 0.3) is 49.7 Å². The van der Waals surface area contributed by atoms with Crippen molar-refractivity contribution >= 4 is 38.9 Å². The van der Waals surface area contributed by atoms with E-state index in [-0.39, 0.29) is 0 Å². The van der Waals surface area contributed by atoms with Gasteiger partial charge in [-0.1, -0.05) is 135 Å². The number of anilines is 3. The highest BCUT2D eigenvalue weighted by Crippen LogP contribution is 2.45. The zero-order valence-electron chi connectivity index (χ0n) is 28.3. The maximum atomic E-state index is 2.47. The maximum absolute atomic E-state index is 2.47. The number of aromatic nitrogens is 1.